The van der Waals surface area contributed by atoms with E-state index in [0.717, 1.165) is 6.42 Å². The normalized spacial score (nSPS) is 20.2. The summed E-state index contributed by atoms with van der Waals surface area (Å²) in [7, 11) is 0. The van der Waals surface area contributed by atoms with Gasteiger partial charge in [-0.15, -0.1) is 11.8 Å². The Hall–Kier alpha value is -0.770. The fourth-order valence-corrected chi connectivity index (χ4v) is 1.93. The molecule has 1 aliphatic rings. The first-order chi connectivity index (χ1) is 6.24. The van der Waals surface area contributed by atoms with Crippen molar-refractivity contribution in [1.82, 2.24) is 0 Å². The van der Waals surface area contributed by atoms with Crippen molar-refractivity contribution in [1.29, 1.82) is 0 Å². The predicted octanol–water partition coefficient (Wildman–Crippen LogP) is 1.53. The first-order valence-corrected chi connectivity index (χ1v) is 5.17. The summed E-state index contributed by atoms with van der Waals surface area (Å²) in [5.41, 5.74) is 0. The number of Topliss-reactive ketones (excluding diaryl/α,β-unsaturated/α-hetero) is 1. The summed E-state index contributed by atoms with van der Waals surface area (Å²) in [5.74, 6) is -0.451. The second kappa shape index (κ2) is 5.07. The predicted molar refractivity (Wildman–Crippen MR) is 51.4 cm³/mol. The SMILES string of the molecule is CCOC(=O)CC(=O)C1CC=CS1. The topological polar surface area (TPSA) is 43.4 Å². The van der Waals surface area contributed by atoms with Gasteiger partial charge in [-0.25, -0.2) is 0 Å². The maximum Gasteiger partial charge on any atom is 0.313 e. The van der Waals surface area contributed by atoms with Crippen LogP contribution in [0.2, 0.25) is 0 Å². The number of allylic oxidation sites excluding steroid dienone is 1. The Morgan fingerprint density at radius 2 is 2.38 bits per heavy atom. The van der Waals surface area contributed by atoms with Crippen molar-refractivity contribution >= 4 is 23.5 Å². The molecule has 0 aromatic carbocycles. The number of thioether (sulfide) groups is 1. The molecule has 1 heterocycles. The van der Waals surface area contributed by atoms with Crippen LogP contribution in [-0.2, 0) is 14.3 Å². The zero-order valence-corrected chi connectivity index (χ0v) is 8.30. The molecular weight excluding hydrogens is 188 g/mol. The van der Waals surface area contributed by atoms with Gasteiger partial charge in [-0.1, -0.05) is 6.08 Å². The Morgan fingerprint density at radius 3 is 2.92 bits per heavy atom. The number of hydrogen-bond donors (Lipinski definition) is 0. The van der Waals surface area contributed by atoms with Gasteiger partial charge in [0, 0.05) is 0 Å². The maximum absolute atomic E-state index is 11.4. The van der Waals surface area contributed by atoms with E-state index in [4.69, 9.17) is 0 Å². The summed E-state index contributed by atoms with van der Waals surface area (Å²) in [4.78, 5) is 22.3. The number of carbonyl (C=O) groups is 2. The van der Waals surface area contributed by atoms with Crippen molar-refractivity contribution in [3.63, 3.8) is 0 Å². The van der Waals surface area contributed by atoms with Gasteiger partial charge < -0.3 is 4.74 Å². The van der Waals surface area contributed by atoms with Crippen LogP contribution in [0.3, 0.4) is 0 Å². The molecule has 0 aromatic rings. The van der Waals surface area contributed by atoms with E-state index >= 15 is 0 Å². The van der Waals surface area contributed by atoms with Gasteiger partial charge in [-0.05, 0) is 18.8 Å². The summed E-state index contributed by atoms with van der Waals surface area (Å²) in [6.07, 6.45) is 2.59. The molecular formula is C9H12O3S. The summed E-state index contributed by atoms with van der Waals surface area (Å²) >= 11 is 1.47. The van der Waals surface area contributed by atoms with E-state index in [9.17, 15) is 9.59 Å². The van der Waals surface area contributed by atoms with E-state index in [2.05, 4.69) is 4.74 Å². The molecule has 1 aliphatic heterocycles. The fourth-order valence-electron chi connectivity index (χ4n) is 1.06. The van der Waals surface area contributed by atoms with E-state index in [0.29, 0.717) is 6.61 Å². The van der Waals surface area contributed by atoms with Gasteiger partial charge >= 0.3 is 5.97 Å². The summed E-state index contributed by atoms with van der Waals surface area (Å²) in [6.45, 7) is 2.07. The second-order valence-electron chi connectivity index (χ2n) is 2.68. The average molecular weight is 200 g/mol. The molecule has 13 heavy (non-hydrogen) atoms. The number of ether oxygens (including phenoxy) is 1. The number of carbonyl (C=O) groups excluding carboxylic acids is 2. The number of ketones is 1. The maximum atomic E-state index is 11.4. The van der Waals surface area contributed by atoms with Crippen molar-refractivity contribution in [3.8, 4) is 0 Å². The lowest BCUT2D eigenvalue weighted by Crippen LogP contribution is -2.19. The van der Waals surface area contributed by atoms with E-state index in [1.165, 1.54) is 11.8 Å². The molecule has 3 nitrogen and oxygen atoms in total. The highest BCUT2D eigenvalue weighted by Crippen LogP contribution is 2.25. The molecule has 0 fully saturated rings. The minimum absolute atomic E-state index is 0.0338. The third kappa shape index (κ3) is 3.22. The minimum atomic E-state index is -0.417. The molecule has 0 bridgehead atoms. The van der Waals surface area contributed by atoms with Crippen LogP contribution in [0.25, 0.3) is 0 Å². The highest BCUT2D eigenvalue weighted by Gasteiger charge is 2.22. The van der Waals surface area contributed by atoms with Crippen LogP contribution < -0.4 is 0 Å². The lowest BCUT2D eigenvalue weighted by atomic mass is 10.1. The molecule has 0 amide bonds. The summed E-state index contributed by atoms with van der Waals surface area (Å²) < 4.78 is 4.68. The van der Waals surface area contributed by atoms with Crippen LogP contribution >= 0.6 is 11.8 Å². The van der Waals surface area contributed by atoms with Gasteiger partial charge in [0.1, 0.15) is 6.42 Å². The van der Waals surface area contributed by atoms with Gasteiger partial charge in [-0.2, -0.15) is 0 Å². The van der Waals surface area contributed by atoms with Gasteiger partial charge in [0.05, 0.1) is 11.9 Å². The van der Waals surface area contributed by atoms with Crippen molar-refractivity contribution in [2.24, 2.45) is 0 Å². The minimum Gasteiger partial charge on any atom is -0.466 e. The Morgan fingerprint density at radius 1 is 1.62 bits per heavy atom. The molecule has 0 saturated carbocycles. The van der Waals surface area contributed by atoms with Gasteiger partial charge in [0.25, 0.3) is 0 Å². The highest BCUT2D eigenvalue weighted by molar-refractivity contribution is 8.03. The van der Waals surface area contributed by atoms with Crippen LogP contribution in [0, 0.1) is 0 Å². The number of esters is 1. The van der Waals surface area contributed by atoms with Gasteiger partial charge in [0.15, 0.2) is 5.78 Å². The molecule has 0 N–H and O–H groups in total. The van der Waals surface area contributed by atoms with Crippen LogP contribution in [0.1, 0.15) is 19.8 Å². The molecule has 0 aromatic heterocycles. The third-order valence-electron chi connectivity index (χ3n) is 1.67. The zero-order chi connectivity index (χ0) is 9.68. The largest absolute Gasteiger partial charge is 0.466 e. The smallest absolute Gasteiger partial charge is 0.313 e. The van der Waals surface area contributed by atoms with Crippen LogP contribution in [0.4, 0.5) is 0 Å². The first-order valence-electron chi connectivity index (χ1n) is 4.23. The van der Waals surface area contributed by atoms with Crippen LogP contribution in [0.5, 0.6) is 0 Å². The van der Waals surface area contributed by atoms with Crippen molar-refractivity contribution in [2.45, 2.75) is 25.0 Å². The second-order valence-corrected chi connectivity index (χ2v) is 3.79. The summed E-state index contributed by atoms with van der Waals surface area (Å²) in [6, 6.07) is 0. The van der Waals surface area contributed by atoms with Crippen molar-refractivity contribution < 1.29 is 14.3 Å². The Kier molecular flexibility index (Phi) is 4.02. The van der Waals surface area contributed by atoms with Crippen LogP contribution in [0.15, 0.2) is 11.5 Å². The lowest BCUT2D eigenvalue weighted by molar-refractivity contribution is -0.145. The van der Waals surface area contributed by atoms with Crippen LogP contribution in [-0.4, -0.2) is 23.6 Å². The van der Waals surface area contributed by atoms with Gasteiger partial charge in [0.2, 0.25) is 0 Å². The first kappa shape index (κ1) is 10.3. The third-order valence-corrected chi connectivity index (χ3v) is 2.81. The quantitative estimate of drug-likeness (QED) is 0.510. The highest BCUT2D eigenvalue weighted by atomic mass is 32.2. The molecule has 0 aliphatic carbocycles. The molecule has 0 radical (unpaired) electrons. The number of hydrogen-bond acceptors (Lipinski definition) is 4. The fraction of sp³-hybridized carbons (Fsp3) is 0.556. The standard InChI is InChI=1S/C9H12O3S/c1-2-12-9(11)6-7(10)8-4-3-5-13-8/h3,5,8H,2,4,6H2,1H3. The lowest BCUT2D eigenvalue weighted by Gasteiger charge is -2.06. The monoisotopic (exact) mass is 200 g/mol. The Bertz CT molecular complexity index is 227. The number of rotatable bonds is 4. The molecule has 72 valence electrons. The molecule has 1 unspecified atom stereocenters. The Balaban J connectivity index is 2.28. The van der Waals surface area contributed by atoms with E-state index in [1.807, 2.05) is 11.5 Å². The van der Waals surface area contributed by atoms with E-state index in [1.54, 1.807) is 6.92 Å². The van der Waals surface area contributed by atoms with E-state index in [-0.39, 0.29) is 17.5 Å². The molecule has 4 heteroatoms. The molecule has 0 spiro atoms. The van der Waals surface area contributed by atoms with Gasteiger partial charge in [-0.3, -0.25) is 9.59 Å². The average Bonchev–Trinajstić information content (AvgIpc) is 2.55. The molecule has 0 saturated heterocycles. The van der Waals surface area contributed by atoms with Crippen molar-refractivity contribution in [2.75, 3.05) is 6.61 Å². The van der Waals surface area contributed by atoms with E-state index < -0.39 is 5.97 Å². The zero-order valence-electron chi connectivity index (χ0n) is 7.49. The Labute approximate surface area is 81.5 Å². The molecule has 1 rings (SSSR count). The van der Waals surface area contributed by atoms with Crippen molar-refractivity contribution in [3.05, 3.63) is 11.5 Å². The molecule has 1 atom stereocenters. The summed E-state index contributed by atoms with van der Waals surface area (Å²) in [5, 5.41) is 1.83.